The van der Waals surface area contributed by atoms with Crippen molar-refractivity contribution in [3.05, 3.63) is 77.9 Å². The number of hydrogen-bond donors (Lipinski definition) is 2. The molecule has 2 N–H and O–H groups in total. The minimum absolute atomic E-state index is 0.870. The van der Waals surface area contributed by atoms with Gasteiger partial charge in [-0.2, -0.15) is 10.2 Å². The molecule has 0 aliphatic carbocycles. The summed E-state index contributed by atoms with van der Waals surface area (Å²) >= 11 is 0. The summed E-state index contributed by atoms with van der Waals surface area (Å²) in [6.45, 7) is 6.43. The minimum atomic E-state index is 0.870. The Bertz CT molecular complexity index is 988. The molecule has 0 spiro atoms. The highest BCUT2D eigenvalue weighted by Crippen LogP contribution is 2.27. The van der Waals surface area contributed by atoms with Crippen molar-refractivity contribution in [2.75, 3.05) is 28.8 Å². The third-order valence-corrected chi connectivity index (χ3v) is 5.16. The van der Waals surface area contributed by atoms with Gasteiger partial charge in [-0.1, -0.05) is 12.1 Å². The zero-order valence-electron chi connectivity index (χ0n) is 17.0. The van der Waals surface area contributed by atoms with Gasteiger partial charge in [0, 0.05) is 18.8 Å². The van der Waals surface area contributed by atoms with Gasteiger partial charge in [0.2, 0.25) is 0 Å². The zero-order valence-corrected chi connectivity index (χ0v) is 17.0. The predicted molar refractivity (Wildman–Crippen MR) is 122 cm³/mol. The summed E-state index contributed by atoms with van der Waals surface area (Å²) in [4.78, 5) is 2.42. The first-order valence-corrected chi connectivity index (χ1v) is 10.1. The average Bonchev–Trinajstić information content (AvgIpc) is 3.27. The molecule has 5 nitrogen and oxygen atoms in total. The number of anilines is 3. The van der Waals surface area contributed by atoms with Crippen LogP contribution in [0.2, 0.25) is 0 Å². The molecule has 0 unspecified atom stereocenters. The third-order valence-electron chi connectivity index (χ3n) is 5.16. The maximum atomic E-state index is 4.44. The van der Waals surface area contributed by atoms with Crippen molar-refractivity contribution in [1.29, 1.82) is 0 Å². The molecule has 1 heterocycles. The Morgan fingerprint density at radius 1 is 0.759 bits per heavy atom. The average molecular weight is 386 g/mol. The van der Waals surface area contributed by atoms with Crippen LogP contribution in [0.4, 0.5) is 28.4 Å². The van der Waals surface area contributed by atoms with E-state index >= 15 is 0 Å². The highest BCUT2D eigenvalue weighted by Gasteiger charge is 2.11. The number of hydrogen-bond acceptors (Lipinski definition) is 5. The van der Waals surface area contributed by atoms with Crippen LogP contribution in [0.5, 0.6) is 0 Å². The van der Waals surface area contributed by atoms with Crippen LogP contribution in [0.25, 0.3) is 0 Å². The number of benzene rings is 3. The Labute approximate surface area is 172 Å². The summed E-state index contributed by atoms with van der Waals surface area (Å²) < 4.78 is 0. The molecule has 4 rings (SSSR count). The molecule has 0 saturated carbocycles. The molecule has 1 fully saturated rings. The number of nitrogens with zero attached hydrogens (tertiary/aromatic N) is 3. The van der Waals surface area contributed by atoms with E-state index < -0.39 is 0 Å². The molecule has 148 valence electrons. The lowest BCUT2D eigenvalue weighted by Crippen LogP contribution is -2.17. The minimum Gasteiger partial charge on any atom is -0.372 e. The predicted octanol–water partition coefficient (Wildman–Crippen LogP) is 6.76. The second-order valence-electron chi connectivity index (χ2n) is 7.53. The normalized spacial score (nSPS) is 13.8. The fourth-order valence-corrected chi connectivity index (χ4v) is 3.53. The monoisotopic (exact) mass is 385 g/mol. The second-order valence-corrected chi connectivity index (χ2v) is 7.53. The van der Waals surface area contributed by atoms with Crippen LogP contribution in [0, 0.1) is 13.8 Å². The molecule has 29 heavy (non-hydrogen) atoms. The summed E-state index contributed by atoms with van der Waals surface area (Å²) in [5, 5.41) is 8.85. The highest BCUT2D eigenvalue weighted by molar-refractivity contribution is 5.60. The van der Waals surface area contributed by atoms with Gasteiger partial charge in [0.1, 0.15) is 0 Å². The van der Waals surface area contributed by atoms with E-state index in [1.807, 2.05) is 43.3 Å². The van der Waals surface area contributed by atoms with Gasteiger partial charge in [0.25, 0.3) is 0 Å². The largest absolute Gasteiger partial charge is 0.372 e. The molecule has 3 aromatic carbocycles. The molecule has 0 atom stereocenters. The lowest BCUT2D eigenvalue weighted by Gasteiger charge is -2.17. The van der Waals surface area contributed by atoms with Gasteiger partial charge in [0.05, 0.1) is 22.7 Å². The molecule has 1 saturated heterocycles. The summed E-state index contributed by atoms with van der Waals surface area (Å²) in [6, 6.07) is 22.6. The van der Waals surface area contributed by atoms with E-state index in [1.165, 1.54) is 24.1 Å². The van der Waals surface area contributed by atoms with Crippen molar-refractivity contribution in [1.82, 2.24) is 0 Å². The summed E-state index contributed by atoms with van der Waals surface area (Å²) in [5.74, 6) is 0. The molecule has 0 bridgehead atoms. The van der Waals surface area contributed by atoms with Gasteiger partial charge >= 0.3 is 0 Å². The summed E-state index contributed by atoms with van der Waals surface area (Å²) in [7, 11) is 0. The maximum absolute atomic E-state index is 4.44. The Morgan fingerprint density at radius 2 is 1.48 bits per heavy atom. The van der Waals surface area contributed by atoms with Gasteiger partial charge in [-0.3, -0.25) is 0 Å². The van der Waals surface area contributed by atoms with Gasteiger partial charge < -0.3 is 15.8 Å². The number of nitrogens with one attached hydrogen (secondary N) is 2. The smallest absolute Gasteiger partial charge is 0.0887 e. The Kier molecular flexibility index (Phi) is 5.75. The van der Waals surface area contributed by atoms with Gasteiger partial charge in [0.15, 0.2) is 0 Å². The van der Waals surface area contributed by atoms with E-state index in [-0.39, 0.29) is 0 Å². The molecular weight excluding hydrogens is 358 g/mol. The van der Waals surface area contributed by atoms with E-state index in [1.54, 1.807) is 0 Å². The summed E-state index contributed by atoms with van der Waals surface area (Å²) in [5.41, 5.74) is 13.8. The lowest BCUT2D eigenvalue weighted by molar-refractivity contribution is 0.949. The number of hydrazine groups is 1. The van der Waals surface area contributed by atoms with E-state index in [9.17, 15) is 0 Å². The lowest BCUT2D eigenvalue weighted by atomic mass is 10.2. The van der Waals surface area contributed by atoms with Crippen molar-refractivity contribution in [2.24, 2.45) is 10.2 Å². The Balaban J connectivity index is 1.38. The molecule has 1 aliphatic rings. The fourth-order valence-electron chi connectivity index (χ4n) is 3.53. The molecular formula is C24H27N5. The first-order chi connectivity index (χ1) is 14.2. The van der Waals surface area contributed by atoms with Crippen LogP contribution in [-0.2, 0) is 0 Å². The van der Waals surface area contributed by atoms with E-state index in [2.05, 4.69) is 63.2 Å². The van der Waals surface area contributed by atoms with Crippen molar-refractivity contribution < 1.29 is 0 Å². The van der Waals surface area contributed by atoms with E-state index in [0.29, 0.717) is 0 Å². The third kappa shape index (κ3) is 4.93. The summed E-state index contributed by atoms with van der Waals surface area (Å²) in [6.07, 6.45) is 2.57. The van der Waals surface area contributed by atoms with Crippen LogP contribution >= 0.6 is 0 Å². The molecule has 1 aliphatic heterocycles. The highest BCUT2D eigenvalue weighted by atomic mass is 15.4. The van der Waals surface area contributed by atoms with E-state index in [4.69, 9.17) is 0 Å². The van der Waals surface area contributed by atoms with Crippen molar-refractivity contribution in [3.63, 3.8) is 0 Å². The van der Waals surface area contributed by atoms with E-state index in [0.717, 1.165) is 41.4 Å². The maximum Gasteiger partial charge on any atom is 0.0887 e. The van der Waals surface area contributed by atoms with Crippen molar-refractivity contribution >= 4 is 28.4 Å². The Morgan fingerprint density at radius 3 is 2.17 bits per heavy atom. The van der Waals surface area contributed by atoms with Gasteiger partial charge in [-0.25, -0.2) is 0 Å². The number of rotatable bonds is 6. The quantitative estimate of drug-likeness (QED) is 0.364. The standard InChI is InChI=1S/C24H27N5/c1-18-6-5-7-21(16-18)26-27-22-10-13-24(19(2)17-22)28-25-20-8-11-23(12-9-20)29-14-3-4-15-29/h5-13,16-17,26-27H,3-4,14-15H2,1-2H3. The van der Waals surface area contributed by atoms with Crippen LogP contribution < -0.4 is 15.8 Å². The first-order valence-electron chi connectivity index (χ1n) is 10.1. The molecule has 0 radical (unpaired) electrons. The van der Waals surface area contributed by atoms with Crippen LogP contribution in [0.3, 0.4) is 0 Å². The van der Waals surface area contributed by atoms with Gasteiger partial charge in [-0.05, 0) is 92.4 Å². The Hall–Kier alpha value is -3.34. The first kappa shape index (κ1) is 19.0. The number of aryl methyl sites for hydroxylation is 2. The zero-order chi connectivity index (χ0) is 20.1. The van der Waals surface area contributed by atoms with Crippen LogP contribution in [0.15, 0.2) is 77.0 Å². The fraction of sp³-hybridized carbons (Fsp3) is 0.250. The van der Waals surface area contributed by atoms with Crippen molar-refractivity contribution in [2.45, 2.75) is 26.7 Å². The second kappa shape index (κ2) is 8.78. The van der Waals surface area contributed by atoms with Crippen molar-refractivity contribution in [3.8, 4) is 0 Å². The molecule has 5 heteroatoms. The van der Waals surface area contributed by atoms with Gasteiger partial charge in [-0.15, -0.1) is 0 Å². The topological polar surface area (TPSA) is 52.0 Å². The van der Waals surface area contributed by atoms with Crippen LogP contribution in [0.1, 0.15) is 24.0 Å². The molecule has 3 aromatic rings. The SMILES string of the molecule is Cc1cccc(NNc2ccc(N=Nc3ccc(N4CCCC4)cc3)c(C)c2)c1. The molecule has 0 amide bonds. The van der Waals surface area contributed by atoms with Crippen LogP contribution in [-0.4, -0.2) is 13.1 Å². The number of azo groups is 1. The molecule has 0 aromatic heterocycles.